The minimum atomic E-state index is -1.05. The predicted octanol–water partition coefficient (Wildman–Crippen LogP) is 2.51. The van der Waals surface area contributed by atoms with Crippen LogP contribution in [-0.4, -0.2) is 63.2 Å². The highest BCUT2D eigenvalue weighted by molar-refractivity contribution is 6.07. The van der Waals surface area contributed by atoms with Gasteiger partial charge in [0.15, 0.2) is 0 Å². The molecule has 3 aromatic rings. The fourth-order valence-corrected chi connectivity index (χ4v) is 4.40. The molecule has 0 aliphatic carbocycles. The van der Waals surface area contributed by atoms with Crippen LogP contribution in [0.2, 0.25) is 0 Å². The molecule has 2 saturated heterocycles. The van der Waals surface area contributed by atoms with Crippen LogP contribution in [0.1, 0.15) is 12.0 Å². The normalized spacial score (nSPS) is 19.7. The number of carbonyl (C=O) groups excluding carboxylic acids is 3. The number of likely N-dealkylation sites (tertiary alicyclic amines) is 1. The van der Waals surface area contributed by atoms with Crippen molar-refractivity contribution in [1.29, 1.82) is 0 Å². The van der Waals surface area contributed by atoms with Gasteiger partial charge >= 0.3 is 12.1 Å². The summed E-state index contributed by atoms with van der Waals surface area (Å²) in [6.07, 6.45) is 2.19. The van der Waals surface area contributed by atoms with Gasteiger partial charge in [-0.3, -0.25) is 9.69 Å². The van der Waals surface area contributed by atoms with Crippen LogP contribution in [0.3, 0.4) is 0 Å². The number of hydrogen-bond donors (Lipinski definition) is 2. The number of hydrogen-bond acceptors (Lipinski definition) is 4. The molecule has 5 rings (SSSR count). The first-order valence-electron chi connectivity index (χ1n) is 10.9. The number of imide groups is 1. The Labute approximate surface area is 195 Å². The molecule has 1 spiro atoms. The number of aromatic nitrogens is 2. The van der Waals surface area contributed by atoms with E-state index in [1.165, 1.54) is 24.1 Å². The Bertz CT molecular complexity index is 1260. The molecule has 0 bridgehead atoms. The van der Waals surface area contributed by atoms with Crippen LogP contribution in [0.25, 0.3) is 16.9 Å². The summed E-state index contributed by atoms with van der Waals surface area (Å²) in [5.41, 5.74) is 1.90. The smallest absolute Gasteiger partial charge is 0.324 e. The Hall–Kier alpha value is -4.21. The van der Waals surface area contributed by atoms with E-state index in [9.17, 15) is 18.8 Å². The van der Waals surface area contributed by atoms with Crippen molar-refractivity contribution in [2.75, 3.05) is 20.1 Å². The van der Waals surface area contributed by atoms with Crippen LogP contribution in [0.15, 0.2) is 60.8 Å². The van der Waals surface area contributed by atoms with Gasteiger partial charge in [-0.05, 0) is 42.8 Å². The number of rotatable bonds is 4. The second kappa shape index (κ2) is 8.29. The summed E-state index contributed by atoms with van der Waals surface area (Å²) >= 11 is 0. The maximum Gasteiger partial charge on any atom is 0.324 e. The zero-order valence-electron chi connectivity index (χ0n) is 18.5. The molecule has 1 atom stereocenters. The molecule has 0 radical (unpaired) electrons. The summed E-state index contributed by atoms with van der Waals surface area (Å²) in [7, 11) is 1.43. The van der Waals surface area contributed by atoms with Gasteiger partial charge in [0.25, 0.3) is 5.91 Å². The van der Waals surface area contributed by atoms with E-state index in [1.807, 2.05) is 36.5 Å². The van der Waals surface area contributed by atoms with Gasteiger partial charge in [0.2, 0.25) is 0 Å². The molecule has 10 heteroatoms. The molecule has 34 heavy (non-hydrogen) atoms. The molecule has 0 saturated carbocycles. The molecule has 1 aromatic heterocycles. The number of nitrogens with one attached hydrogen (secondary N) is 2. The van der Waals surface area contributed by atoms with Gasteiger partial charge in [0.05, 0.1) is 17.9 Å². The lowest BCUT2D eigenvalue weighted by Crippen LogP contribution is -2.50. The van der Waals surface area contributed by atoms with E-state index in [4.69, 9.17) is 0 Å². The maximum absolute atomic E-state index is 13.5. The third-order valence-electron chi connectivity index (χ3n) is 6.28. The maximum atomic E-state index is 13.5. The second-order valence-corrected chi connectivity index (χ2v) is 8.50. The molecule has 3 heterocycles. The Balaban J connectivity index is 1.34. The van der Waals surface area contributed by atoms with Gasteiger partial charge in [0, 0.05) is 37.5 Å². The third kappa shape index (κ3) is 3.76. The highest BCUT2D eigenvalue weighted by Gasteiger charge is 2.54. The molecular weight excluding hydrogens is 439 g/mol. The molecule has 2 fully saturated rings. The van der Waals surface area contributed by atoms with Crippen molar-refractivity contribution in [1.82, 2.24) is 30.2 Å². The Morgan fingerprint density at radius 3 is 2.56 bits per heavy atom. The van der Waals surface area contributed by atoms with E-state index in [1.54, 1.807) is 16.8 Å². The minimum Gasteiger partial charge on any atom is -0.334 e. The molecule has 2 aliphatic heterocycles. The number of nitrogens with zero attached hydrogens (tertiary/aromatic N) is 4. The lowest BCUT2D eigenvalue weighted by molar-refractivity contribution is -0.129. The van der Waals surface area contributed by atoms with Crippen molar-refractivity contribution < 1.29 is 18.8 Å². The van der Waals surface area contributed by atoms with Crippen molar-refractivity contribution in [3.05, 3.63) is 72.2 Å². The fourth-order valence-electron chi connectivity index (χ4n) is 4.40. The highest BCUT2D eigenvalue weighted by atomic mass is 19.1. The summed E-state index contributed by atoms with van der Waals surface area (Å²) in [4.78, 5) is 39.9. The minimum absolute atomic E-state index is 0.113. The molecule has 1 unspecified atom stereocenters. The van der Waals surface area contributed by atoms with Gasteiger partial charge in [0.1, 0.15) is 11.4 Å². The molecule has 2 N–H and O–H groups in total. The van der Waals surface area contributed by atoms with Gasteiger partial charge in [-0.2, -0.15) is 5.10 Å². The average Bonchev–Trinajstić information content (AvgIpc) is 3.53. The van der Waals surface area contributed by atoms with E-state index in [2.05, 4.69) is 15.7 Å². The van der Waals surface area contributed by atoms with Crippen molar-refractivity contribution in [3.8, 4) is 16.9 Å². The van der Waals surface area contributed by atoms with Crippen LogP contribution in [-0.2, 0) is 11.3 Å². The summed E-state index contributed by atoms with van der Waals surface area (Å²) < 4.78 is 15.2. The number of halogens is 1. The number of benzene rings is 2. The molecule has 5 amide bonds. The zero-order valence-corrected chi connectivity index (χ0v) is 18.5. The predicted molar refractivity (Wildman–Crippen MR) is 121 cm³/mol. The Kier molecular flexibility index (Phi) is 5.27. The van der Waals surface area contributed by atoms with Gasteiger partial charge in [-0.15, -0.1) is 0 Å². The van der Waals surface area contributed by atoms with Crippen LogP contribution in [0, 0.1) is 5.82 Å². The highest BCUT2D eigenvalue weighted by Crippen LogP contribution is 2.28. The third-order valence-corrected chi connectivity index (χ3v) is 6.28. The van der Waals surface area contributed by atoms with Crippen molar-refractivity contribution in [2.45, 2.75) is 18.5 Å². The van der Waals surface area contributed by atoms with Crippen molar-refractivity contribution in [3.63, 3.8) is 0 Å². The average molecular weight is 462 g/mol. The second-order valence-electron chi connectivity index (χ2n) is 8.50. The SMILES string of the molecule is CN1C(=O)NC2(CCN(C(=O)NCc3cn(-c4ccccc4)nc3-c3ccc(F)cc3)C2)C1=O. The van der Waals surface area contributed by atoms with E-state index in [-0.39, 0.29) is 30.8 Å². The number of likely N-dealkylation sites (N-methyl/N-ethyl adjacent to an activating group) is 1. The summed E-state index contributed by atoms with van der Waals surface area (Å²) in [5.74, 6) is -0.668. The number of urea groups is 2. The zero-order chi connectivity index (χ0) is 23.9. The first kappa shape index (κ1) is 21.6. The van der Waals surface area contributed by atoms with Crippen LogP contribution >= 0.6 is 0 Å². The summed E-state index contributed by atoms with van der Waals surface area (Å²) in [5, 5.41) is 10.3. The van der Waals surface area contributed by atoms with E-state index in [0.29, 0.717) is 18.7 Å². The number of amides is 5. The lowest BCUT2D eigenvalue weighted by Gasteiger charge is -2.21. The molecular formula is C24H23FN6O3. The van der Waals surface area contributed by atoms with E-state index < -0.39 is 11.6 Å². The van der Waals surface area contributed by atoms with E-state index in [0.717, 1.165) is 21.7 Å². The van der Waals surface area contributed by atoms with Crippen LogP contribution in [0.5, 0.6) is 0 Å². The number of para-hydroxylation sites is 1. The van der Waals surface area contributed by atoms with Crippen molar-refractivity contribution >= 4 is 18.0 Å². The monoisotopic (exact) mass is 462 g/mol. The van der Waals surface area contributed by atoms with Crippen LogP contribution < -0.4 is 10.6 Å². The lowest BCUT2D eigenvalue weighted by atomic mass is 9.99. The largest absolute Gasteiger partial charge is 0.334 e. The standard InChI is InChI=1S/C24H23FN6O3/c1-29-21(32)24(27-23(29)34)11-12-30(15-24)22(33)26-13-17-14-31(19-5-3-2-4-6-19)28-20(17)16-7-9-18(25)10-8-16/h2-10,14H,11-13,15H2,1H3,(H,26,33)(H,27,34). The summed E-state index contributed by atoms with van der Waals surface area (Å²) in [6.45, 7) is 0.643. The Morgan fingerprint density at radius 2 is 1.88 bits per heavy atom. The fraction of sp³-hybridized carbons (Fsp3) is 0.250. The number of carbonyl (C=O) groups is 3. The molecule has 2 aliphatic rings. The topological polar surface area (TPSA) is 99.6 Å². The van der Waals surface area contributed by atoms with Gasteiger partial charge in [-0.25, -0.2) is 18.7 Å². The molecule has 9 nitrogen and oxygen atoms in total. The van der Waals surface area contributed by atoms with Crippen LogP contribution in [0.4, 0.5) is 14.0 Å². The molecule has 174 valence electrons. The summed E-state index contributed by atoms with van der Waals surface area (Å²) in [6, 6.07) is 14.8. The van der Waals surface area contributed by atoms with Gasteiger partial charge < -0.3 is 15.5 Å². The quantitative estimate of drug-likeness (QED) is 0.582. The van der Waals surface area contributed by atoms with E-state index >= 15 is 0 Å². The first-order chi connectivity index (χ1) is 16.4. The van der Waals surface area contributed by atoms with Crippen molar-refractivity contribution in [2.24, 2.45) is 0 Å². The first-order valence-corrected chi connectivity index (χ1v) is 10.9. The Morgan fingerprint density at radius 1 is 1.15 bits per heavy atom. The van der Waals surface area contributed by atoms with Gasteiger partial charge in [-0.1, -0.05) is 18.2 Å². The molecule has 2 aromatic carbocycles.